The van der Waals surface area contributed by atoms with E-state index in [1.165, 1.54) is 18.9 Å². The molecule has 0 saturated carbocycles. The van der Waals surface area contributed by atoms with Crippen LogP contribution < -0.4 is 10.4 Å². The van der Waals surface area contributed by atoms with Gasteiger partial charge in [-0.05, 0) is 24.6 Å². The molecular formula is C14H16O3. The van der Waals surface area contributed by atoms with Gasteiger partial charge in [-0.25, -0.2) is 4.79 Å². The quantitative estimate of drug-likeness (QED) is 0.586. The summed E-state index contributed by atoms with van der Waals surface area (Å²) in [5.74, 6) is 0.753. The van der Waals surface area contributed by atoms with Crippen molar-refractivity contribution in [2.75, 3.05) is 6.61 Å². The Balaban J connectivity index is 2.11. The maximum Gasteiger partial charge on any atom is 0.336 e. The molecule has 0 amide bonds. The first-order valence-electron chi connectivity index (χ1n) is 5.96. The van der Waals surface area contributed by atoms with Crippen LogP contribution in [-0.4, -0.2) is 6.61 Å². The lowest BCUT2D eigenvalue weighted by Crippen LogP contribution is -1.98. The van der Waals surface area contributed by atoms with Crippen molar-refractivity contribution in [3.05, 3.63) is 40.8 Å². The number of benzene rings is 1. The van der Waals surface area contributed by atoms with Crippen molar-refractivity contribution in [1.82, 2.24) is 0 Å². The average molecular weight is 232 g/mol. The largest absolute Gasteiger partial charge is 0.493 e. The third-order valence-electron chi connectivity index (χ3n) is 2.61. The van der Waals surface area contributed by atoms with Gasteiger partial charge in [0.05, 0.1) is 6.61 Å². The second-order valence-electron chi connectivity index (χ2n) is 4.01. The second-order valence-corrected chi connectivity index (χ2v) is 4.01. The number of fused-ring (bicyclic) bond motifs is 1. The number of ether oxygens (including phenoxy) is 1. The molecule has 0 aliphatic rings. The molecule has 0 saturated heterocycles. The standard InChI is InChI=1S/C14H16O3/c1-2-3-4-9-16-12-7-5-11-6-8-14(15)17-13(11)10-12/h5-8,10H,2-4,9H2,1H3. The summed E-state index contributed by atoms with van der Waals surface area (Å²) in [7, 11) is 0. The van der Waals surface area contributed by atoms with E-state index < -0.39 is 0 Å². The molecule has 0 bridgehead atoms. The van der Waals surface area contributed by atoms with Crippen LogP contribution in [0.25, 0.3) is 11.0 Å². The van der Waals surface area contributed by atoms with Gasteiger partial charge in [0.2, 0.25) is 0 Å². The summed E-state index contributed by atoms with van der Waals surface area (Å²) >= 11 is 0. The minimum absolute atomic E-state index is 0.333. The fraction of sp³-hybridized carbons (Fsp3) is 0.357. The van der Waals surface area contributed by atoms with Crippen molar-refractivity contribution in [2.45, 2.75) is 26.2 Å². The first-order valence-corrected chi connectivity index (χ1v) is 5.96. The van der Waals surface area contributed by atoms with Crippen molar-refractivity contribution in [1.29, 1.82) is 0 Å². The van der Waals surface area contributed by atoms with Crippen molar-refractivity contribution in [2.24, 2.45) is 0 Å². The number of rotatable bonds is 5. The van der Waals surface area contributed by atoms with E-state index in [1.54, 1.807) is 12.1 Å². The van der Waals surface area contributed by atoms with Gasteiger partial charge in [-0.15, -0.1) is 0 Å². The Morgan fingerprint density at radius 2 is 2.00 bits per heavy atom. The summed E-state index contributed by atoms with van der Waals surface area (Å²) in [5, 5.41) is 0.908. The van der Waals surface area contributed by atoms with Crippen LogP contribution in [0.5, 0.6) is 5.75 Å². The molecule has 3 heteroatoms. The zero-order valence-corrected chi connectivity index (χ0v) is 9.94. The Morgan fingerprint density at radius 1 is 1.18 bits per heavy atom. The molecule has 0 radical (unpaired) electrons. The van der Waals surface area contributed by atoms with Crippen molar-refractivity contribution >= 4 is 11.0 Å². The maximum absolute atomic E-state index is 11.1. The van der Waals surface area contributed by atoms with Crippen molar-refractivity contribution < 1.29 is 9.15 Å². The van der Waals surface area contributed by atoms with Crippen LogP contribution in [0, 0.1) is 0 Å². The van der Waals surface area contributed by atoms with E-state index in [9.17, 15) is 4.79 Å². The zero-order valence-electron chi connectivity index (χ0n) is 9.94. The van der Waals surface area contributed by atoms with E-state index in [4.69, 9.17) is 9.15 Å². The molecule has 0 fully saturated rings. The number of hydrogen-bond donors (Lipinski definition) is 0. The molecule has 1 heterocycles. The lowest BCUT2D eigenvalue weighted by molar-refractivity contribution is 0.306. The van der Waals surface area contributed by atoms with Gasteiger partial charge in [-0.3, -0.25) is 0 Å². The Kier molecular flexibility index (Phi) is 3.81. The maximum atomic E-state index is 11.1. The zero-order chi connectivity index (χ0) is 12.1. The van der Waals surface area contributed by atoms with Crippen LogP contribution >= 0.6 is 0 Å². The fourth-order valence-corrected chi connectivity index (χ4v) is 1.67. The van der Waals surface area contributed by atoms with Gasteiger partial charge in [0, 0.05) is 17.5 Å². The van der Waals surface area contributed by atoms with Crippen molar-refractivity contribution in [3.63, 3.8) is 0 Å². The summed E-state index contributed by atoms with van der Waals surface area (Å²) in [6.07, 6.45) is 3.39. The molecule has 0 aliphatic carbocycles. The fourth-order valence-electron chi connectivity index (χ4n) is 1.67. The summed E-state index contributed by atoms with van der Waals surface area (Å²) in [6.45, 7) is 2.86. The minimum Gasteiger partial charge on any atom is -0.493 e. The van der Waals surface area contributed by atoms with Gasteiger partial charge in [0.25, 0.3) is 0 Å². The average Bonchev–Trinajstić information content (AvgIpc) is 2.34. The third kappa shape index (κ3) is 3.09. The Bertz CT molecular complexity index is 542. The molecule has 0 aliphatic heterocycles. The predicted octanol–water partition coefficient (Wildman–Crippen LogP) is 3.36. The molecule has 0 N–H and O–H groups in total. The lowest BCUT2D eigenvalue weighted by atomic mass is 10.2. The predicted molar refractivity (Wildman–Crippen MR) is 67.5 cm³/mol. The molecule has 2 rings (SSSR count). The van der Waals surface area contributed by atoms with Crippen molar-refractivity contribution in [3.8, 4) is 5.75 Å². The Morgan fingerprint density at radius 3 is 2.82 bits per heavy atom. The molecular weight excluding hydrogens is 216 g/mol. The first kappa shape index (κ1) is 11.7. The molecule has 2 aromatic rings. The second kappa shape index (κ2) is 5.53. The normalized spacial score (nSPS) is 10.6. The lowest BCUT2D eigenvalue weighted by Gasteiger charge is -2.05. The van der Waals surface area contributed by atoms with Gasteiger partial charge in [-0.1, -0.05) is 19.8 Å². The monoisotopic (exact) mass is 232 g/mol. The SMILES string of the molecule is CCCCCOc1ccc2ccc(=O)oc2c1. The minimum atomic E-state index is -0.333. The molecule has 0 unspecified atom stereocenters. The van der Waals surface area contributed by atoms with E-state index >= 15 is 0 Å². The highest BCUT2D eigenvalue weighted by molar-refractivity contribution is 5.77. The van der Waals surface area contributed by atoms with Crippen LogP contribution in [0.3, 0.4) is 0 Å². The Hall–Kier alpha value is -1.77. The molecule has 0 atom stereocenters. The van der Waals surface area contributed by atoms with E-state index in [0.29, 0.717) is 12.2 Å². The summed E-state index contributed by atoms with van der Waals surface area (Å²) in [5.41, 5.74) is 0.242. The van der Waals surface area contributed by atoms with Crippen LogP contribution in [0.15, 0.2) is 39.5 Å². The number of unbranched alkanes of at least 4 members (excludes halogenated alkanes) is 2. The van der Waals surface area contributed by atoms with E-state index in [2.05, 4.69) is 6.92 Å². The molecule has 0 spiro atoms. The third-order valence-corrected chi connectivity index (χ3v) is 2.61. The summed E-state index contributed by atoms with van der Waals surface area (Å²) in [4.78, 5) is 11.1. The van der Waals surface area contributed by atoms with E-state index in [-0.39, 0.29) is 5.63 Å². The highest BCUT2D eigenvalue weighted by atomic mass is 16.5. The molecule has 17 heavy (non-hydrogen) atoms. The van der Waals surface area contributed by atoms with E-state index in [0.717, 1.165) is 17.6 Å². The molecule has 90 valence electrons. The number of hydrogen-bond acceptors (Lipinski definition) is 3. The first-order chi connectivity index (χ1) is 8.29. The summed E-state index contributed by atoms with van der Waals surface area (Å²) in [6, 6.07) is 8.73. The topological polar surface area (TPSA) is 39.4 Å². The van der Waals surface area contributed by atoms with Crippen LogP contribution in [0.1, 0.15) is 26.2 Å². The smallest absolute Gasteiger partial charge is 0.336 e. The Labute approximate surface area is 100 Å². The summed E-state index contributed by atoms with van der Waals surface area (Å²) < 4.78 is 10.7. The molecule has 1 aromatic carbocycles. The highest BCUT2D eigenvalue weighted by Gasteiger charge is 2.00. The molecule has 3 nitrogen and oxygen atoms in total. The molecule has 1 aromatic heterocycles. The van der Waals surface area contributed by atoms with Gasteiger partial charge < -0.3 is 9.15 Å². The van der Waals surface area contributed by atoms with E-state index in [1.807, 2.05) is 12.1 Å². The van der Waals surface area contributed by atoms with Crippen LogP contribution in [-0.2, 0) is 0 Å². The van der Waals surface area contributed by atoms with Crippen LogP contribution in [0.4, 0.5) is 0 Å². The van der Waals surface area contributed by atoms with Gasteiger partial charge in [0.1, 0.15) is 11.3 Å². The van der Waals surface area contributed by atoms with Gasteiger partial charge >= 0.3 is 5.63 Å². The highest BCUT2D eigenvalue weighted by Crippen LogP contribution is 2.19. The van der Waals surface area contributed by atoms with Gasteiger partial charge in [0.15, 0.2) is 0 Å². The van der Waals surface area contributed by atoms with Gasteiger partial charge in [-0.2, -0.15) is 0 Å². The van der Waals surface area contributed by atoms with Crippen LogP contribution in [0.2, 0.25) is 0 Å².